The summed E-state index contributed by atoms with van der Waals surface area (Å²) < 4.78 is 29.6. The van der Waals surface area contributed by atoms with Gasteiger partial charge in [-0.3, -0.25) is 4.90 Å². The molecule has 2 fully saturated rings. The Bertz CT molecular complexity index is 165. The molecule has 13 heavy (non-hydrogen) atoms. The van der Waals surface area contributed by atoms with Crippen LogP contribution in [0.25, 0.3) is 0 Å². The SMILES string of the molecule is FC(F)CN1C[C@@H]2[CH][C@@H](COC2)C1. The Labute approximate surface area is 76.9 Å². The predicted octanol–water partition coefficient (Wildman–Crippen LogP) is 1.03. The number of hydrogen-bond acceptors (Lipinski definition) is 2. The maximum absolute atomic E-state index is 12.1. The minimum atomic E-state index is -2.21. The molecule has 0 amide bonds. The number of likely N-dealkylation sites (tertiary alicyclic amines) is 1. The van der Waals surface area contributed by atoms with E-state index in [0.29, 0.717) is 25.0 Å². The number of piperidine rings is 1. The summed E-state index contributed by atoms with van der Waals surface area (Å²) in [4.78, 5) is 1.85. The Morgan fingerprint density at radius 2 is 1.92 bits per heavy atom. The van der Waals surface area contributed by atoms with Crippen molar-refractivity contribution in [3.8, 4) is 0 Å². The van der Waals surface area contributed by atoms with Crippen molar-refractivity contribution in [1.29, 1.82) is 0 Å². The van der Waals surface area contributed by atoms with Gasteiger partial charge in [-0.2, -0.15) is 0 Å². The molecule has 1 radical (unpaired) electrons. The van der Waals surface area contributed by atoms with Gasteiger partial charge < -0.3 is 4.74 Å². The van der Waals surface area contributed by atoms with Crippen LogP contribution in [0.1, 0.15) is 0 Å². The zero-order chi connectivity index (χ0) is 9.26. The number of nitrogens with zero attached hydrogens (tertiary/aromatic N) is 1. The van der Waals surface area contributed by atoms with E-state index in [0.717, 1.165) is 13.1 Å². The number of halogens is 2. The molecule has 0 spiro atoms. The minimum absolute atomic E-state index is 0.0825. The first-order valence-electron chi connectivity index (χ1n) is 4.67. The quantitative estimate of drug-likeness (QED) is 0.645. The Hall–Kier alpha value is -0.220. The van der Waals surface area contributed by atoms with Crippen molar-refractivity contribution in [2.24, 2.45) is 11.8 Å². The average Bonchev–Trinajstić information content (AvgIpc) is 2.01. The van der Waals surface area contributed by atoms with Crippen LogP contribution in [0, 0.1) is 18.3 Å². The number of hydrogen-bond donors (Lipinski definition) is 0. The Balaban J connectivity index is 1.86. The van der Waals surface area contributed by atoms with Gasteiger partial charge in [0.25, 0.3) is 6.43 Å². The first kappa shape index (κ1) is 9.34. The van der Waals surface area contributed by atoms with Crippen LogP contribution in [0.3, 0.4) is 0 Å². The molecular formula is C9H14F2NO. The van der Waals surface area contributed by atoms with Crippen molar-refractivity contribution >= 4 is 0 Å². The molecule has 2 rings (SSSR count). The van der Waals surface area contributed by atoms with Crippen LogP contribution in [0.5, 0.6) is 0 Å². The van der Waals surface area contributed by atoms with Crippen molar-refractivity contribution in [3.63, 3.8) is 0 Å². The fourth-order valence-electron chi connectivity index (χ4n) is 2.18. The van der Waals surface area contributed by atoms with E-state index in [1.54, 1.807) is 0 Å². The van der Waals surface area contributed by atoms with E-state index in [9.17, 15) is 8.78 Å². The van der Waals surface area contributed by atoms with Gasteiger partial charge in [-0.25, -0.2) is 8.78 Å². The van der Waals surface area contributed by atoms with E-state index < -0.39 is 6.43 Å². The van der Waals surface area contributed by atoms with E-state index in [4.69, 9.17) is 4.74 Å². The third-order valence-electron chi connectivity index (χ3n) is 2.59. The van der Waals surface area contributed by atoms with Crippen LogP contribution in [-0.4, -0.2) is 44.2 Å². The lowest BCUT2D eigenvalue weighted by molar-refractivity contribution is -0.0217. The lowest BCUT2D eigenvalue weighted by Crippen LogP contribution is -2.48. The molecule has 0 saturated carbocycles. The van der Waals surface area contributed by atoms with Crippen molar-refractivity contribution in [3.05, 3.63) is 6.42 Å². The first-order valence-corrected chi connectivity index (χ1v) is 4.67. The lowest BCUT2D eigenvalue weighted by atomic mass is 9.88. The van der Waals surface area contributed by atoms with Gasteiger partial charge in [0.05, 0.1) is 19.8 Å². The highest BCUT2D eigenvalue weighted by Gasteiger charge is 2.32. The van der Waals surface area contributed by atoms with Gasteiger partial charge in [-0.05, 0) is 18.3 Å². The summed E-state index contributed by atoms with van der Waals surface area (Å²) in [6.45, 7) is 2.80. The van der Waals surface area contributed by atoms with Crippen LogP contribution in [0.2, 0.25) is 0 Å². The van der Waals surface area contributed by atoms with E-state index in [1.165, 1.54) is 0 Å². The molecule has 2 nitrogen and oxygen atoms in total. The number of alkyl halides is 2. The van der Waals surface area contributed by atoms with Gasteiger partial charge in [-0.15, -0.1) is 0 Å². The summed E-state index contributed by atoms with van der Waals surface area (Å²) in [5, 5.41) is 0. The van der Waals surface area contributed by atoms with Crippen molar-refractivity contribution < 1.29 is 13.5 Å². The van der Waals surface area contributed by atoms with Gasteiger partial charge in [0.15, 0.2) is 0 Å². The lowest BCUT2D eigenvalue weighted by Gasteiger charge is -2.40. The summed E-state index contributed by atoms with van der Waals surface area (Å²) in [6, 6.07) is 0. The van der Waals surface area contributed by atoms with E-state index in [1.807, 2.05) is 4.90 Å². The fourth-order valence-corrected chi connectivity index (χ4v) is 2.18. The zero-order valence-electron chi connectivity index (χ0n) is 7.46. The first-order chi connectivity index (χ1) is 6.24. The highest BCUT2D eigenvalue weighted by Crippen LogP contribution is 2.25. The summed E-state index contributed by atoms with van der Waals surface area (Å²) in [5.74, 6) is 0.734. The Kier molecular flexibility index (Phi) is 2.79. The van der Waals surface area contributed by atoms with Gasteiger partial charge in [0.1, 0.15) is 0 Å². The van der Waals surface area contributed by atoms with Crippen molar-refractivity contribution in [2.45, 2.75) is 6.43 Å². The summed E-state index contributed by atoms with van der Waals surface area (Å²) >= 11 is 0. The summed E-state index contributed by atoms with van der Waals surface area (Å²) in [5.41, 5.74) is 0. The molecule has 75 valence electrons. The smallest absolute Gasteiger partial charge is 0.251 e. The molecular weight excluding hydrogens is 176 g/mol. The molecule has 2 bridgehead atoms. The minimum Gasteiger partial charge on any atom is -0.381 e. The molecule has 2 atom stereocenters. The van der Waals surface area contributed by atoms with Gasteiger partial charge in [0.2, 0.25) is 0 Å². The standard InChI is InChI=1S/C9H14F2NO/c10-9(11)4-12-2-7-1-8(3-12)6-13-5-7/h1,7-9H,2-6H2/t7-,8+. The average molecular weight is 190 g/mol. The normalized spacial score (nSPS) is 35.3. The van der Waals surface area contributed by atoms with E-state index >= 15 is 0 Å². The zero-order valence-corrected chi connectivity index (χ0v) is 7.46. The topological polar surface area (TPSA) is 12.5 Å². The van der Waals surface area contributed by atoms with E-state index in [-0.39, 0.29) is 6.54 Å². The molecule has 0 unspecified atom stereocenters. The fraction of sp³-hybridized carbons (Fsp3) is 0.889. The molecule has 2 heterocycles. The largest absolute Gasteiger partial charge is 0.381 e. The number of fused-ring (bicyclic) bond motifs is 2. The van der Waals surface area contributed by atoms with Crippen LogP contribution in [0.4, 0.5) is 8.78 Å². The Morgan fingerprint density at radius 3 is 2.46 bits per heavy atom. The van der Waals surface area contributed by atoms with Crippen LogP contribution in [0.15, 0.2) is 0 Å². The summed E-state index contributed by atoms with van der Waals surface area (Å²) in [6.07, 6.45) is 0.0469. The van der Waals surface area contributed by atoms with Crippen molar-refractivity contribution in [2.75, 3.05) is 32.8 Å². The summed E-state index contributed by atoms with van der Waals surface area (Å²) in [7, 11) is 0. The molecule has 0 N–H and O–H groups in total. The van der Waals surface area contributed by atoms with Crippen LogP contribution >= 0.6 is 0 Å². The monoisotopic (exact) mass is 190 g/mol. The molecule has 4 heteroatoms. The van der Waals surface area contributed by atoms with E-state index in [2.05, 4.69) is 6.42 Å². The van der Waals surface area contributed by atoms with Gasteiger partial charge in [0, 0.05) is 13.1 Å². The molecule has 0 aromatic rings. The second-order valence-corrected chi connectivity index (χ2v) is 3.86. The number of ether oxygens (including phenoxy) is 1. The maximum atomic E-state index is 12.1. The third kappa shape index (κ3) is 2.38. The van der Waals surface area contributed by atoms with Crippen molar-refractivity contribution in [1.82, 2.24) is 4.90 Å². The molecule has 0 aliphatic carbocycles. The van der Waals surface area contributed by atoms with Gasteiger partial charge in [-0.1, -0.05) is 0 Å². The molecule has 0 aromatic heterocycles. The molecule has 0 aromatic carbocycles. The van der Waals surface area contributed by atoms with Crippen LogP contribution in [-0.2, 0) is 4.74 Å². The second-order valence-electron chi connectivity index (χ2n) is 3.86. The maximum Gasteiger partial charge on any atom is 0.251 e. The second kappa shape index (κ2) is 3.88. The highest BCUT2D eigenvalue weighted by atomic mass is 19.3. The predicted molar refractivity (Wildman–Crippen MR) is 44.5 cm³/mol. The number of rotatable bonds is 2. The molecule has 2 saturated heterocycles. The van der Waals surface area contributed by atoms with Crippen LogP contribution < -0.4 is 0 Å². The molecule has 2 aliphatic rings. The van der Waals surface area contributed by atoms with Gasteiger partial charge >= 0.3 is 0 Å². The molecule has 2 aliphatic heterocycles. The third-order valence-corrected chi connectivity index (χ3v) is 2.59. The Morgan fingerprint density at radius 1 is 1.31 bits per heavy atom. The highest BCUT2D eigenvalue weighted by molar-refractivity contribution is 4.95.